The van der Waals surface area contributed by atoms with Crippen LogP contribution < -0.4 is 10.1 Å². The van der Waals surface area contributed by atoms with E-state index in [-0.39, 0.29) is 0 Å². The lowest BCUT2D eigenvalue weighted by atomic mass is 9.86. The summed E-state index contributed by atoms with van der Waals surface area (Å²) in [6, 6.07) is 6.25. The lowest BCUT2D eigenvalue weighted by Crippen LogP contribution is -2.29. The maximum absolute atomic E-state index is 6.22. The minimum atomic E-state index is 0.315. The van der Waals surface area contributed by atoms with Crippen LogP contribution in [0.5, 0.6) is 5.75 Å². The van der Waals surface area contributed by atoms with Gasteiger partial charge < -0.3 is 10.1 Å². The summed E-state index contributed by atoms with van der Waals surface area (Å²) in [7, 11) is 1.73. The van der Waals surface area contributed by atoms with Crippen molar-refractivity contribution in [3.05, 3.63) is 28.8 Å². The van der Waals surface area contributed by atoms with E-state index >= 15 is 0 Å². The first-order valence-electron chi connectivity index (χ1n) is 8.24. The summed E-state index contributed by atoms with van der Waals surface area (Å²) >= 11 is 6.22. The molecule has 1 aromatic carbocycles. The van der Waals surface area contributed by atoms with Gasteiger partial charge in [-0.2, -0.15) is 0 Å². The Morgan fingerprint density at radius 2 is 1.95 bits per heavy atom. The van der Waals surface area contributed by atoms with Gasteiger partial charge in [-0.3, -0.25) is 0 Å². The number of methoxy groups -OCH3 is 1. The van der Waals surface area contributed by atoms with E-state index in [4.69, 9.17) is 16.3 Å². The molecule has 0 spiro atoms. The van der Waals surface area contributed by atoms with Crippen LogP contribution in [0.1, 0.15) is 64.5 Å². The number of unbranched alkanes of at least 4 members (excludes halogenated alkanes) is 1. The molecule has 120 valence electrons. The van der Waals surface area contributed by atoms with Crippen LogP contribution in [0, 0.1) is 5.92 Å². The number of hydrogen-bond donors (Lipinski definition) is 1. The zero-order valence-electron chi connectivity index (χ0n) is 13.9. The summed E-state index contributed by atoms with van der Waals surface area (Å²) in [5.74, 6) is 1.55. The minimum Gasteiger partial charge on any atom is -0.496 e. The van der Waals surface area contributed by atoms with Crippen LogP contribution >= 0.6 is 11.6 Å². The zero-order valence-corrected chi connectivity index (χ0v) is 14.7. The Bertz CT molecular complexity index is 408. The molecule has 0 saturated carbocycles. The fourth-order valence-electron chi connectivity index (χ4n) is 2.85. The van der Waals surface area contributed by atoms with E-state index in [9.17, 15) is 0 Å². The lowest BCUT2D eigenvalue weighted by molar-refractivity contribution is 0.311. The molecular weight excluding hydrogens is 282 g/mol. The fraction of sp³-hybridized carbons (Fsp3) is 0.667. The van der Waals surface area contributed by atoms with Gasteiger partial charge in [0.05, 0.1) is 7.11 Å². The third-order valence-corrected chi connectivity index (χ3v) is 4.30. The van der Waals surface area contributed by atoms with E-state index in [0.29, 0.717) is 12.0 Å². The van der Waals surface area contributed by atoms with Crippen LogP contribution in [0.15, 0.2) is 18.2 Å². The quantitative estimate of drug-likeness (QED) is 0.606. The highest BCUT2D eigenvalue weighted by atomic mass is 35.5. The maximum atomic E-state index is 6.22. The number of hydrogen-bond acceptors (Lipinski definition) is 2. The molecule has 1 N–H and O–H groups in total. The van der Waals surface area contributed by atoms with Crippen LogP contribution in [-0.4, -0.2) is 13.7 Å². The Morgan fingerprint density at radius 3 is 2.52 bits per heavy atom. The predicted octanol–water partition coefficient (Wildman–Crippen LogP) is 5.61. The number of benzene rings is 1. The van der Waals surface area contributed by atoms with Gasteiger partial charge in [0.15, 0.2) is 0 Å². The van der Waals surface area contributed by atoms with Crippen molar-refractivity contribution in [1.82, 2.24) is 5.32 Å². The van der Waals surface area contributed by atoms with E-state index < -0.39 is 0 Å². The van der Waals surface area contributed by atoms with Crippen LogP contribution in [0.25, 0.3) is 0 Å². The molecule has 0 aliphatic rings. The van der Waals surface area contributed by atoms with Crippen molar-refractivity contribution < 1.29 is 4.74 Å². The standard InChI is InChI=1S/C18H30ClNO/c1-5-8-9-14(7-3)18(20-12-6-2)16-13-15(19)10-11-17(16)21-4/h10-11,13-14,18,20H,5-9,12H2,1-4H3. The first-order valence-corrected chi connectivity index (χ1v) is 8.62. The van der Waals surface area contributed by atoms with Crippen molar-refractivity contribution in [2.45, 2.75) is 58.9 Å². The van der Waals surface area contributed by atoms with E-state index in [2.05, 4.69) is 32.2 Å². The summed E-state index contributed by atoms with van der Waals surface area (Å²) in [4.78, 5) is 0. The van der Waals surface area contributed by atoms with Gasteiger partial charge in [-0.1, -0.05) is 51.6 Å². The van der Waals surface area contributed by atoms with Gasteiger partial charge in [-0.05, 0) is 43.5 Å². The van der Waals surface area contributed by atoms with Crippen LogP contribution in [0.3, 0.4) is 0 Å². The van der Waals surface area contributed by atoms with Gasteiger partial charge >= 0.3 is 0 Å². The molecule has 0 amide bonds. The lowest BCUT2D eigenvalue weighted by Gasteiger charge is -2.29. The molecule has 0 bridgehead atoms. The van der Waals surface area contributed by atoms with Crippen molar-refractivity contribution in [2.75, 3.05) is 13.7 Å². The highest BCUT2D eigenvalue weighted by molar-refractivity contribution is 6.30. The summed E-state index contributed by atoms with van der Waals surface area (Å²) in [6.07, 6.45) is 6.04. The minimum absolute atomic E-state index is 0.315. The Morgan fingerprint density at radius 1 is 1.19 bits per heavy atom. The normalized spacial score (nSPS) is 14.0. The first kappa shape index (κ1) is 18.3. The first-order chi connectivity index (χ1) is 10.2. The van der Waals surface area contributed by atoms with Gasteiger partial charge in [-0.25, -0.2) is 0 Å². The number of rotatable bonds is 10. The Kier molecular flexibility index (Phi) is 8.79. The van der Waals surface area contributed by atoms with E-state index in [1.807, 2.05) is 12.1 Å². The summed E-state index contributed by atoms with van der Waals surface area (Å²) in [6.45, 7) is 7.74. The molecular formula is C18H30ClNO. The number of halogens is 1. The predicted molar refractivity (Wildman–Crippen MR) is 92.3 cm³/mol. The third kappa shape index (κ3) is 5.52. The zero-order chi connectivity index (χ0) is 15.7. The summed E-state index contributed by atoms with van der Waals surface area (Å²) in [5, 5.41) is 4.49. The number of nitrogens with one attached hydrogen (secondary N) is 1. The fourth-order valence-corrected chi connectivity index (χ4v) is 3.03. The van der Waals surface area contributed by atoms with Crippen LogP contribution in [0.2, 0.25) is 5.02 Å². The molecule has 0 saturated heterocycles. The van der Waals surface area contributed by atoms with Gasteiger partial charge in [0.25, 0.3) is 0 Å². The van der Waals surface area contributed by atoms with Crippen molar-refractivity contribution in [1.29, 1.82) is 0 Å². The maximum Gasteiger partial charge on any atom is 0.123 e. The number of ether oxygens (including phenoxy) is 1. The van der Waals surface area contributed by atoms with Gasteiger partial charge in [0.1, 0.15) is 5.75 Å². The Balaban J connectivity index is 3.07. The average molecular weight is 312 g/mol. The van der Waals surface area contributed by atoms with E-state index in [1.54, 1.807) is 7.11 Å². The molecule has 0 aliphatic carbocycles. The SMILES string of the molecule is CCCCC(CC)C(NCCC)c1cc(Cl)ccc1OC. The summed E-state index contributed by atoms with van der Waals surface area (Å²) < 4.78 is 5.56. The molecule has 1 rings (SSSR count). The second-order valence-corrected chi connectivity index (χ2v) is 6.07. The van der Waals surface area contributed by atoms with E-state index in [0.717, 1.165) is 30.2 Å². The molecule has 0 radical (unpaired) electrons. The average Bonchev–Trinajstić information content (AvgIpc) is 2.50. The second-order valence-electron chi connectivity index (χ2n) is 5.63. The van der Waals surface area contributed by atoms with Gasteiger partial charge in [0.2, 0.25) is 0 Å². The molecule has 0 aliphatic heterocycles. The monoisotopic (exact) mass is 311 g/mol. The smallest absolute Gasteiger partial charge is 0.123 e. The van der Waals surface area contributed by atoms with Crippen molar-refractivity contribution in [3.63, 3.8) is 0 Å². The van der Waals surface area contributed by atoms with Gasteiger partial charge in [-0.15, -0.1) is 0 Å². The molecule has 0 aromatic heterocycles. The molecule has 0 heterocycles. The topological polar surface area (TPSA) is 21.3 Å². The van der Waals surface area contributed by atoms with Crippen LogP contribution in [0.4, 0.5) is 0 Å². The molecule has 2 nitrogen and oxygen atoms in total. The largest absolute Gasteiger partial charge is 0.496 e. The highest BCUT2D eigenvalue weighted by Gasteiger charge is 2.24. The van der Waals surface area contributed by atoms with Crippen LogP contribution in [-0.2, 0) is 0 Å². The Hall–Kier alpha value is -0.730. The second kappa shape index (κ2) is 10.1. The molecule has 2 unspecified atom stereocenters. The van der Waals surface area contributed by atoms with Crippen molar-refractivity contribution in [3.8, 4) is 5.75 Å². The van der Waals surface area contributed by atoms with Crippen molar-refractivity contribution >= 4 is 11.6 Å². The molecule has 21 heavy (non-hydrogen) atoms. The molecule has 0 fully saturated rings. The van der Waals surface area contributed by atoms with Crippen molar-refractivity contribution in [2.24, 2.45) is 5.92 Å². The Labute approximate surface area is 135 Å². The highest BCUT2D eigenvalue weighted by Crippen LogP contribution is 2.36. The summed E-state index contributed by atoms with van der Waals surface area (Å²) in [5.41, 5.74) is 1.20. The molecule has 1 aromatic rings. The van der Waals surface area contributed by atoms with Gasteiger partial charge in [0, 0.05) is 16.6 Å². The third-order valence-electron chi connectivity index (χ3n) is 4.07. The molecule has 2 atom stereocenters. The molecule has 3 heteroatoms. The van der Waals surface area contributed by atoms with E-state index in [1.165, 1.54) is 24.8 Å².